The van der Waals surface area contributed by atoms with Crippen molar-refractivity contribution in [1.82, 2.24) is 0 Å². The van der Waals surface area contributed by atoms with Crippen LogP contribution in [0.3, 0.4) is 0 Å². The molecule has 0 radical (unpaired) electrons. The monoisotopic (exact) mass is 411 g/mol. The molecule has 150 valence electrons. The van der Waals surface area contributed by atoms with E-state index in [1.807, 2.05) is 61.1 Å². The smallest absolute Gasteiger partial charge is 0.341 e. The van der Waals surface area contributed by atoms with Crippen LogP contribution in [0.25, 0.3) is 11.1 Å². The minimum absolute atomic E-state index is 0.151. The number of carbonyl (C=O) groups excluding carboxylic acids is 2. The number of hydrogen-bond acceptors (Lipinski definition) is 5. The van der Waals surface area contributed by atoms with E-state index in [1.165, 1.54) is 11.3 Å². The van der Waals surface area contributed by atoms with Gasteiger partial charge in [0.05, 0.1) is 13.7 Å². The van der Waals surface area contributed by atoms with E-state index >= 15 is 0 Å². The van der Waals surface area contributed by atoms with Crippen LogP contribution in [0.1, 0.15) is 22.8 Å². The van der Waals surface area contributed by atoms with Crippen LogP contribution < -0.4 is 14.6 Å². The molecule has 0 saturated carbocycles. The first-order valence-electron chi connectivity index (χ1n) is 9.20. The summed E-state index contributed by atoms with van der Waals surface area (Å²) >= 11 is 1.30. The number of rotatable bonds is 7. The van der Waals surface area contributed by atoms with Gasteiger partial charge in [0, 0.05) is 23.1 Å². The molecule has 0 atom stereocenters. The summed E-state index contributed by atoms with van der Waals surface area (Å²) in [5.74, 6) is 0.0516. The van der Waals surface area contributed by atoms with Crippen LogP contribution in [0.5, 0.6) is 5.75 Å². The lowest BCUT2D eigenvalue weighted by atomic mass is 10.0. The SMILES string of the molecule is CCOC(=O)c1c(-c2ccc(OC)cc2)csc1NC(=O)C[n+]1ccc(C)cc1. The van der Waals surface area contributed by atoms with E-state index in [0.29, 0.717) is 10.6 Å². The van der Waals surface area contributed by atoms with Crippen LogP contribution >= 0.6 is 11.3 Å². The number of benzene rings is 1. The molecular weight excluding hydrogens is 388 g/mol. The highest BCUT2D eigenvalue weighted by Crippen LogP contribution is 2.36. The van der Waals surface area contributed by atoms with Gasteiger partial charge in [0.25, 0.3) is 5.91 Å². The fraction of sp³-hybridized carbons (Fsp3) is 0.227. The second-order valence-corrected chi connectivity index (χ2v) is 7.28. The molecule has 2 aromatic heterocycles. The lowest BCUT2D eigenvalue weighted by Crippen LogP contribution is -2.39. The maximum atomic E-state index is 12.6. The molecule has 0 unspecified atom stereocenters. The Bertz CT molecular complexity index is 995. The quantitative estimate of drug-likeness (QED) is 0.474. The van der Waals surface area contributed by atoms with Gasteiger partial charge in [0.1, 0.15) is 16.3 Å². The fourth-order valence-electron chi connectivity index (χ4n) is 2.81. The number of esters is 1. The summed E-state index contributed by atoms with van der Waals surface area (Å²) in [5, 5.41) is 5.19. The molecule has 3 rings (SSSR count). The number of anilines is 1. The zero-order valence-electron chi connectivity index (χ0n) is 16.6. The first kappa shape index (κ1) is 20.5. The highest BCUT2D eigenvalue weighted by molar-refractivity contribution is 7.15. The van der Waals surface area contributed by atoms with Crippen molar-refractivity contribution in [2.75, 3.05) is 19.0 Å². The minimum Gasteiger partial charge on any atom is -0.497 e. The predicted molar refractivity (Wildman–Crippen MR) is 112 cm³/mol. The third kappa shape index (κ3) is 5.00. The number of hydrogen-bond donors (Lipinski definition) is 1. The summed E-state index contributed by atoms with van der Waals surface area (Å²) in [6, 6.07) is 11.3. The van der Waals surface area contributed by atoms with Crippen LogP contribution in [-0.4, -0.2) is 25.6 Å². The van der Waals surface area contributed by atoms with E-state index < -0.39 is 5.97 Å². The average Bonchev–Trinajstić information content (AvgIpc) is 3.13. The maximum Gasteiger partial charge on any atom is 0.341 e. The largest absolute Gasteiger partial charge is 0.497 e. The zero-order chi connectivity index (χ0) is 20.8. The predicted octanol–water partition coefficient (Wildman–Crippen LogP) is 3.84. The van der Waals surface area contributed by atoms with Gasteiger partial charge in [-0.25, -0.2) is 4.79 Å². The van der Waals surface area contributed by atoms with E-state index in [-0.39, 0.29) is 19.1 Å². The molecule has 1 amide bonds. The third-order valence-electron chi connectivity index (χ3n) is 4.31. The number of ether oxygens (including phenoxy) is 2. The number of thiophene rings is 1. The molecule has 1 N–H and O–H groups in total. The molecule has 0 spiro atoms. The Hall–Kier alpha value is -3.19. The molecular formula is C22H23N2O4S+. The van der Waals surface area contributed by atoms with Gasteiger partial charge in [0.15, 0.2) is 12.4 Å². The normalized spacial score (nSPS) is 10.4. The molecule has 0 aliphatic heterocycles. The van der Waals surface area contributed by atoms with Gasteiger partial charge >= 0.3 is 5.97 Å². The first-order valence-corrected chi connectivity index (χ1v) is 10.1. The standard InChI is InChI=1S/C22H22N2O4S/c1-4-28-22(26)20-18(16-5-7-17(27-3)8-6-16)14-29-21(20)23-19(25)13-24-11-9-15(2)10-12-24/h5-12,14H,4,13H2,1-3H3/p+1. The molecule has 0 fully saturated rings. The summed E-state index contributed by atoms with van der Waals surface area (Å²) in [5.41, 5.74) is 3.05. The average molecular weight is 412 g/mol. The molecule has 29 heavy (non-hydrogen) atoms. The van der Waals surface area contributed by atoms with Crippen molar-refractivity contribution in [2.24, 2.45) is 0 Å². The number of methoxy groups -OCH3 is 1. The molecule has 0 saturated heterocycles. The first-order chi connectivity index (χ1) is 14.0. The Morgan fingerprint density at radius 2 is 1.79 bits per heavy atom. The van der Waals surface area contributed by atoms with Gasteiger partial charge in [-0.2, -0.15) is 4.57 Å². The van der Waals surface area contributed by atoms with Crippen molar-refractivity contribution in [3.05, 3.63) is 65.3 Å². The fourth-order valence-corrected chi connectivity index (χ4v) is 3.78. The van der Waals surface area contributed by atoms with E-state index in [1.54, 1.807) is 18.6 Å². The molecule has 6 nitrogen and oxygen atoms in total. The van der Waals surface area contributed by atoms with E-state index in [2.05, 4.69) is 5.32 Å². The molecule has 3 aromatic rings. The van der Waals surface area contributed by atoms with E-state index in [9.17, 15) is 9.59 Å². The molecule has 1 aromatic carbocycles. The summed E-state index contributed by atoms with van der Waals surface area (Å²) in [4.78, 5) is 25.2. The Labute approximate surface area is 173 Å². The molecule has 0 aliphatic rings. The zero-order valence-corrected chi connectivity index (χ0v) is 17.4. The van der Waals surface area contributed by atoms with Gasteiger partial charge in [0.2, 0.25) is 6.54 Å². The Kier molecular flexibility index (Phi) is 6.61. The number of aryl methyl sites for hydroxylation is 1. The summed E-state index contributed by atoms with van der Waals surface area (Å²) in [6.45, 7) is 4.15. The second-order valence-electron chi connectivity index (χ2n) is 6.40. The van der Waals surface area contributed by atoms with Crippen LogP contribution in [0, 0.1) is 6.92 Å². The lowest BCUT2D eigenvalue weighted by molar-refractivity contribution is -0.684. The number of aromatic nitrogens is 1. The van der Waals surface area contributed by atoms with Crippen molar-refractivity contribution in [2.45, 2.75) is 20.4 Å². The molecule has 0 bridgehead atoms. The third-order valence-corrected chi connectivity index (χ3v) is 5.20. The Morgan fingerprint density at radius 1 is 1.10 bits per heavy atom. The van der Waals surface area contributed by atoms with E-state index in [0.717, 1.165) is 22.4 Å². The number of carbonyl (C=O) groups is 2. The Balaban J connectivity index is 1.87. The summed E-state index contributed by atoms with van der Waals surface area (Å²) < 4.78 is 12.2. The van der Waals surface area contributed by atoms with Gasteiger partial charge in [-0.1, -0.05) is 12.1 Å². The van der Waals surface area contributed by atoms with Crippen molar-refractivity contribution < 1.29 is 23.6 Å². The topological polar surface area (TPSA) is 68.5 Å². The number of nitrogens with zero attached hydrogens (tertiary/aromatic N) is 1. The summed E-state index contributed by atoms with van der Waals surface area (Å²) in [6.07, 6.45) is 3.69. The highest BCUT2D eigenvalue weighted by Gasteiger charge is 2.23. The van der Waals surface area contributed by atoms with Crippen LogP contribution in [0.2, 0.25) is 0 Å². The van der Waals surface area contributed by atoms with Gasteiger partial charge in [-0.15, -0.1) is 11.3 Å². The van der Waals surface area contributed by atoms with Crippen molar-refractivity contribution in [1.29, 1.82) is 0 Å². The number of amides is 1. The van der Waals surface area contributed by atoms with Crippen molar-refractivity contribution in [3.8, 4) is 16.9 Å². The van der Waals surface area contributed by atoms with Gasteiger partial charge in [-0.3, -0.25) is 4.79 Å². The van der Waals surface area contributed by atoms with Crippen molar-refractivity contribution in [3.63, 3.8) is 0 Å². The molecule has 0 aliphatic carbocycles. The van der Waals surface area contributed by atoms with Crippen LogP contribution in [0.15, 0.2) is 54.2 Å². The lowest BCUT2D eigenvalue weighted by Gasteiger charge is -2.08. The molecule has 2 heterocycles. The number of nitrogens with one attached hydrogen (secondary N) is 1. The highest BCUT2D eigenvalue weighted by atomic mass is 32.1. The van der Waals surface area contributed by atoms with Crippen LogP contribution in [-0.2, 0) is 16.1 Å². The Morgan fingerprint density at radius 3 is 2.41 bits per heavy atom. The number of pyridine rings is 1. The van der Waals surface area contributed by atoms with Crippen LogP contribution in [0.4, 0.5) is 5.00 Å². The second kappa shape index (κ2) is 9.34. The van der Waals surface area contributed by atoms with Crippen molar-refractivity contribution >= 4 is 28.2 Å². The minimum atomic E-state index is -0.460. The van der Waals surface area contributed by atoms with E-state index in [4.69, 9.17) is 9.47 Å². The maximum absolute atomic E-state index is 12.6. The summed E-state index contributed by atoms with van der Waals surface area (Å²) in [7, 11) is 1.60. The molecule has 7 heteroatoms. The van der Waals surface area contributed by atoms with Gasteiger partial charge < -0.3 is 14.8 Å². The van der Waals surface area contributed by atoms with Gasteiger partial charge in [-0.05, 0) is 37.1 Å².